The van der Waals surface area contributed by atoms with Gasteiger partial charge in [0.05, 0.1) is 12.3 Å². The molecule has 0 aromatic heterocycles. The van der Waals surface area contributed by atoms with E-state index < -0.39 is 0 Å². The molecule has 0 spiro atoms. The molecule has 1 fully saturated rings. The molecule has 0 bridgehead atoms. The molecular weight excluding hydrogens is 502 g/mol. The van der Waals surface area contributed by atoms with Crippen molar-refractivity contribution in [2.45, 2.75) is 38.8 Å². The van der Waals surface area contributed by atoms with Crippen molar-refractivity contribution in [1.82, 2.24) is 4.90 Å². The summed E-state index contributed by atoms with van der Waals surface area (Å²) in [5, 5.41) is 3.05. The largest absolute Gasteiger partial charge is 0.493 e. The van der Waals surface area contributed by atoms with Crippen molar-refractivity contribution >= 4 is 29.8 Å². The predicted molar refractivity (Wildman–Crippen MR) is 159 cm³/mol. The Morgan fingerprint density at radius 2 is 1.88 bits per heavy atom. The van der Waals surface area contributed by atoms with Gasteiger partial charge in [-0.3, -0.25) is 14.5 Å². The fourth-order valence-corrected chi connectivity index (χ4v) is 5.44. The number of anilines is 2. The van der Waals surface area contributed by atoms with Crippen LogP contribution in [0, 0.1) is 0 Å². The first-order valence-electron chi connectivity index (χ1n) is 14.0. The Balaban J connectivity index is 1.33. The lowest BCUT2D eigenvalue weighted by Crippen LogP contribution is -2.36. The third kappa shape index (κ3) is 6.43. The van der Waals surface area contributed by atoms with Gasteiger partial charge in [0.25, 0.3) is 5.91 Å². The summed E-state index contributed by atoms with van der Waals surface area (Å²) in [6.07, 6.45) is 5.31. The number of nitrogens with one attached hydrogen (secondary N) is 1. The van der Waals surface area contributed by atoms with E-state index in [1.165, 1.54) is 5.56 Å². The molecular formula is C33H37N3O4. The van der Waals surface area contributed by atoms with Crippen LogP contribution in [0.2, 0.25) is 0 Å². The van der Waals surface area contributed by atoms with E-state index in [0.717, 1.165) is 72.8 Å². The lowest BCUT2D eigenvalue weighted by Gasteiger charge is -2.31. The van der Waals surface area contributed by atoms with Gasteiger partial charge < -0.3 is 19.7 Å². The molecule has 208 valence electrons. The van der Waals surface area contributed by atoms with E-state index in [-0.39, 0.29) is 5.91 Å². The SMILES string of the molecule is CCOc1ccccc1-c1ccc2c(c1)C=C(C(=O)Nc1ccc(CN(C)C3CCOCC3)cc1)CCN2C=O. The molecule has 3 aromatic carbocycles. The Hall–Kier alpha value is -3.94. The molecule has 2 heterocycles. The molecule has 0 saturated carbocycles. The smallest absolute Gasteiger partial charge is 0.251 e. The number of benzene rings is 3. The van der Waals surface area contributed by atoms with Crippen LogP contribution in [0.1, 0.15) is 37.3 Å². The molecule has 5 rings (SSSR count). The number of carbonyl (C=O) groups excluding carboxylic acids is 2. The van der Waals surface area contributed by atoms with Crippen LogP contribution in [-0.2, 0) is 20.9 Å². The third-order valence-electron chi connectivity index (χ3n) is 7.66. The standard InChI is InChI=1S/C33H37N3O4/c1-3-40-32-7-5-4-6-30(32)25-10-13-31-27(20-25)21-26(14-17-36(31)23-37)33(38)34-28-11-8-24(9-12-28)22-35(2)29-15-18-39-19-16-29/h4-13,20-21,23,29H,3,14-19,22H2,1-2H3,(H,34,38). The highest BCUT2D eigenvalue weighted by atomic mass is 16.5. The number of amides is 2. The number of nitrogens with zero attached hydrogens (tertiary/aromatic N) is 2. The number of rotatable bonds is 9. The van der Waals surface area contributed by atoms with Gasteiger partial charge in [-0.2, -0.15) is 0 Å². The van der Waals surface area contributed by atoms with Gasteiger partial charge in [0.15, 0.2) is 0 Å². The van der Waals surface area contributed by atoms with Crippen molar-refractivity contribution in [3.8, 4) is 16.9 Å². The molecule has 7 nitrogen and oxygen atoms in total. The maximum absolute atomic E-state index is 13.4. The summed E-state index contributed by atoms with van der Waals surface area (Å²) in [6, 6.07) is 22.4. The van der Waals surface area contributed by atoms with Crippen molar-refractivity contribution in [2.75, 3.05) is 43.6 Å². The van der Waals surface area contributed by atoms with E-state index in [9.17, 15) is 9.59 Å². The van der Waals surface area contributed by atoms with Crippen LogP contribution in [-0.4, -0.2) is 56.7 Å². The first-order valence-corrected chi connectivity index (χ1v) is 14.0. The molecule has 1 saturated heterocycles. The Morgan fingerprint density at radius 1 is 1.10 bits per heavy atom. The van der Waals surface area contributed by atoms with Gasteiger partial charge in [0, 0.05) is 49.2 Å². The molecule has 0 unspecified atom stereocenters. The zero-order chi connectivity index (χ0) is 27.9. The van der Waals surface area contributed by atoms with Crippen LogP contribution in [0.5, 0.6) is 5.75 Å². The molecule has 0 atom stereocenters. The second-order valence-corrected chi connectivity index (χ2v) is 10.3. The molecule has 40 heavy (non-hydrogen) atoms. The first-order chi connectivity index (χ1) is 19.6. The summed E-state index contributed by atoms with van der Waals surface area (Å²) in [4.78, 5) is 29.3. The molecule has 2 aliphatic heterocycles. The molecule has 1 N–H and O–H groups in total. The minimum Gasteiger partial charge on any atom is -0.493 e. The minimum absolute atomic E-state index is 0.161. The second-order valence-electron chi connectivity index (χ2n) is 10.3. The zero-order valence-corrected chi connectivity index (χ0v) is 23.3. The molecule has 2 amide bonds. The predicted octanol–water partition coefficient (Wildman–Crippen LogP) is 5.75. The van der Waals surface area contributed by atoms with Crippen molar-refractivity contribution < 1.29 is 19.1 Å². The summed E-state index contributed by atoms with van der Waals surface area (Å²) in [5.74, 6) is 0.640. The fraction of sp³-hybridized carbons (Fsp3) is 0.333. The summed E-state index contributed by atoms with van der Waals surface area (Å²) in [6.45, 7) is 5.47. The monoisotopic (exact) mass is 539 g/mol. The quantitative estimate of drug-likeness (QED) is 0.351. The van der Waals surface area contributed by atoms with Gasteiger partial charge in [-0.05, 0) is 86.3 Å². The molecule has 0 radical (unpaired) electrons. The highest BCUT2D eigenvalue weighted by molar-refractivity contribution is 6.08. The number of fused-ring (bicyclic) bond motifs is 1. The Kier molecular flexibility index (Phi) is 8.94. The van der Waals surface area contributed by atoms with Crippen molar-refractivity contribution in [3.05, 3.63) is 83.4 Å². The first kappa shape index (κ1) is 27.6. The van der Waals surface area contributed by atoms with Gasteiger partial charge in [-0.25, -0.2) is 0 Å². The Labute approximate surface area is 236 Å². The van der Waals surface area contributed by atoms with E-state index in [4.69, 9.17) is 9.47 Å². The topological polar surface area (TPSA) is 71.1 Å². The maximum atomic E-state index is 13.4. The van der Waals surface area contributed by atoms with E-state index in [2.05, 4.69) is 29.4 Å². The van der Waals surface area contributed by atoms with E-state index >= 15 is 0 Å². The zero-order valence-electron chi connectivity index (χ0n) is 23.3. The second kappa shape index (κ2) is 12.9. The number of ether oxygens (including phenoxy) is 2. The van der Waals surface area contributed by atoms with Gasteiger partial charge >= 0.3 is 0 Å². The van der Waals surface area contributed by atoms with E-state index in [1.807, 2.05) is 67.6 Å². The third-order valence-corrected chi connectivity index (χ3v) is 7.66. The number of hydrogen-bond donors (Lipinski definition) is 1. The highest BCUT2D eigenvalue weighted by Gasteiger charge is 2.21. The maximum Gasteiger partial charge on any atom is 0.251 e. The van der Waals surface area contributed by atoms with Gasteiger partial charge in [0.2, 0.25) is 6.41 Å². The average molecular weight is 540 g/mol. The van der Waals surface area contributed by atoms with Crippen LogP contribution >= 0.6 is 0 Å². The fourth-order valence-electron chi connectivity index (χ4n) is 5.44. The lowest BCUT2D eigenvalue weighted by molar-refractivity contribution is -0.113. The summed E-state index contributed by atoms with van der Waals surface area (Å²) in [5.41, 5.74) is 6.13. The van der Waals surface area contributed by atoms with Crippen molar-refractivity contribution in [2.24, 2.45) is 0 Å². The average Bonchev–Trinajstić information content (AvgIpc) is 3.18. The van der Waals surface area contributed by atoms with Gasteiger partial charge in [-0.15, -0.1) is 0 Å². The summed E-state index contributed by atoms with van der Waals surface area (Å²) < 4.78 is 11.3. The van der Waals surface area contributed by atoms with Gasteiger partial charge in [-0.1, -0.05) is 36.4 Å². The normalized spacial score (nSPS) is 15.7. The molecule has 0 aliphatic carbocycles. The number of carbonyl (C=O) groups is 2. The van der Waals surface area contributed by atoms with Crippen LogP contribution in [0.15, 0.2) is 72.3 Å². The van der Waals surface area contributed by atoms with Crippen LogP contribution < -0.4 is 15.0 Å². The van der Waals surface area contributed by atoms with E-state index in [0.29, 0.717) is 31.2 Å². The van der Waals surface area contributed by atoms with E-state index in [1.54, 1.807) is 4.90 Å². The molecule has 3 aromatic rings. The van der Waals surface area contributed by atoms with Crippen LogP contribution in [0.25, 0.3) is 17.2 Å². The van der Waals surface area contributed by atoms with Crippen LogP contribution in [0.4, 0.5) is 11.4 Å². The number of para-hydroxylation sites is 1. The number of hydrogen-bond acceptors (Lipinski definition) is 5. The van der Waals surface area contributed by atoms with Crippen molar-refractivity contribution in [3.63, 3.8) is 0 Å². The molecule has 7 heteroatoms. The Morgan fingerprint density at radius 3 is 2.62 bits per heavy atom. The lowest BCUT2D eigenvalue weighted by atomic mass is 9.99. The minimum atomic E-state index is -0.161. The molecule has 2 aliphatic rings. The summed E-state index contributed by atoms with van der Waals surface area (Å²) >= 11 is 0. The highest BCUT2D eigenvalue weighted by Crippen LogP contribution is 2.35. The Bertz CT molecular complexity index is 1360. The van der Waals surface area contributed by atoms with Crippen LogP contribution in [0.3, 0.4) is 0 Å². The van der Waals surface area contributed by atoms with Crippen molar-refractivity contribution in [1.29, 1.82) is 0 Å². The van der Waals surface area contributed by atoms with Gasteiger partial charge in [0.1, 0.15) is 5.75 Å². The summed E-state index contributed by atoms with van der Waals surface area (Å²) in [7, 11) is 2.16.